The van der Waals surface area contributed by atoms with Gasteiger partial charge in [0.2, 0.25) is 0 Å². The summed E-state index contributed by atoms with van der Waals surface area (Å²) in [5.74, 6) is -0.0694. The highest BCUT2D eigenvalue weighted by Gasteiger charge is 2.25. The zero-order chi connectivity index (χ0) is 16.0. The SMILES string of the molecule is CCC(CC)(CO)CNc1ccc(C(=O)N(C)C)cc1N. The third kappa shape index (κ3) is 4.11. The third-order valence-electron chi connectivity index (χ3n) is 4.19. The number of nitrogens with zero attached hydrogens (tertiary/aromatic N) is 1. The van der Waals surface area contributed by atoms with E-state index in [1.165, 1.54) is 4.90 Å². The number of rotatable bonds is 7. The first-order valence-electron chi connectivity index (χ1n) is 7.35. The van der Waals surface area contributed by atoms with E-state index in [1.807, 2.05) is 6.07 Å². The first-order chi connectivity index (χ1) is 9.89. The lowest BCUT2D eigenvalue weighted by Gasteiger charge is -2.30. The molecule has 0 spiro atoms. The van der Waals surface area contributed by atoms with Crippen LogP contribution in [0.15, 0.2) is 18.2 Å². The van der Waals surface area contributed by atoms with Gasteiger partial charge in [-0.15, -0.1) is 0 Å². The number of nitrogens with two attached hydrogens (primary N) is 1. The van der Waals surface area contributed by atoms with Gasteiger partial charge in [-0.05, 0) is 31.0 Å². The number of nitrogens with one attached hydrogen (secondary N) is 1. The molecule has 118 valence electrons. The molecule has 0 saturated heterocycles. The highest BCUT2D eigenvalue weighted by atomic mass is 16.3. The van der Waals surface area contributed by atoms with Gasteiger partial charge in [0.05, 0.1) is 18.0 Å². The van der Waals surface area contributed by atoms with Crippen molar-refractivity contribution in [3.63, 3.8) is 0 Å². The van der Waals surface area contributed by atoms with Gasteiger partial charge < -0.3 is 21.1 Å². The summed E-state index contributed by atoms with van der Waals surface area (Å²) in [6, 6.07) is 5.27. The number of carbonyl (C=O) groups is 1. The van der Waals surface area contributed by atoms with E-state index in [1.54, 1.807) is 26.2 Å². The molecule has 1 amide bonds. The fourth-order valence-corrected chi connectivity index (χ4v) is 2.18. The van der Waals surface area contributed by atoms with E-state index in [0.717, 1.165) is 18.5 Å². The minimum absolute atomic E-state index is 0.0694. The molecule has 1 aromatic rings. The molecule has 0 aliphatic carbocycles. The quantitative estimate of drug-likeness (QED) is 0.673. The minimum Gasteiger partial charge on any atom is -0.397 e. The molecule has 0 fully saturated rings. The molecule has 0 unspecified atom stereocenters. The number of benzene rings is 1. The largest absolute Gasteiger partial charge is 0.397 e. The molecule has 0 radical (unpaired) electrons. The molecule has 0 aromatic heterocycles. The maximum atomic E-state index is 11.9. The van der Waals surface area contributed by atoms with E-state index >= 15 is 0 Å². The summed E-state index contributed by atoms with van der Waals surface area (Å²) in [6.07, 6.45) is 1.79. The Balaban J connectivity index is 2.84. The summed E-state index contributed by atoms with van der Waals surface area (Å²) in [5, 5.41) is 12.9. The number of hydrogen-bond donors (Lipinski definition) is 3. The van der Waals surface area contributed by atoms with Gasteiger partial charge in [-0.2, -0.15) is 0 Å². The molecule has 0 aliphatic rings. The third-order valence-corrected chi connectivity index (χ3v) is 4.19. The van der Waals surface area contributed by atoms with Gasteiger partial charge in [-0.1, -0.05) is 13.8 Å². The van der Waals surface area contributed by atoms with Crippen molar-refractivity contribution in [3.8, 4) is 0 Å². The Morgan fingerprint density at radius 3 is 2.38 bits per heavy atom. The molecule has 21 heavy (non-hydrogen) atoms. The molecule has 0 saturated carbocycles. The molecule has 0 heterocycles. The van der Waals surface area contributed by atoms with E-state index < -0.39 is 0 Å². The van der Waals surface area contributed by atoms with Gasteiger partial charge in [-0.25, -0.2) is 0 Å². The van der Waals surface area contributed by atoms with E-state index in [-0.39, 0.29) is 17.9 Å². The van der Waals surface area contributed by atoms with Crippen LogP contribution in [0.5, 0.6) is 0 Å². The van der Waals surface area contributed by atoms with E-state index in [9.17, 15) is 9.90 Å². The van der Waals surface area contributed by atoms with Crippen molar-refractivity contribution in [2.75, 3.05) is 38.3 Å². The second-order valence-corrected chi connectivity index (χ2v) is 5.72. The Morgan fingerprint density at radius 2 is 1.95 bits per heavy atom. The zero-order valence-electron chi connectivity index (χ0n) is 13.4. The van der Waals surface area contributed by atoms with E-state index in [4.69, 9.17) is 5.73 Å². The predicted octanol–water partition coefficient (Wildman–Crippen LogP) is 2.18. The van der Waals surface area contributed by atoms with Crippen molar-refractivity contribution in [3.05, 3.63) is 23.8 Å². The first-order valence-corrected chi connectivity index (χ1v) is 7.35. The molecule has 5 heteroatoms. The summed E-state index contributed by atoms with van der Waals surface area (Å²) >= 11 is 0. The van der Waals surface area contributed by atoms with Gasteiger partial charge in [-0.3, -0.25) is 4.79 Å². The van der Waals surface area contributed by atoms with Crippen molar-refractivity contribution < 1.29 is 9.90 Å². The van der Waals surface area contributed by atoms with Crippen molar-refractivity contribution in [2.24, 2.45) is 5.41 Å². The Morgan fingerprint density at radius 1 is 1.33 bits per heavy atom. The van der Waals surface area contributed by atoms with Crippen LogP contribution in [0.3, 0.4) is 0 Å². The molecule has 0 bridgehead atoms. The maximum absolute atomic E-state index is 11.9. The fourth-order valence-electron chi connectivity index (χ4n) is 2.18. The lowest BCUT2D eigenvalue weighted by atomic mass is 9.83. The summed E-state index contributed by atoms with van der Waals surface area (Å²) in [7, 11) is 3.42. The average molecular weight is 293 g/mol. The van der Waals surface area contributed by atoms with Crippen molar-refractivity contribution in [1.82, 2.24) is 4.90 Å². The first kappa shape index (κ1) is 17.3. The van der Waals surface area contributed by atoms with Gasteiger partial charge in [0.15, 0.2) is 0 Å². The molecule has 0 aliphatic heterocycles. The highest BCUT2D eigenvalue weighted by Crippen LogP contribution is 2.28. The fraction of sp³-hybridized carbons (Fsp3) is 0.562. The molecule has 1 rings (SSSR count). The standard InChI is InChI=1S/C16H27N3O2/c1-5-16(6-2,11-20)10-18-14-8-7-12(9-13(14)17)15(21)19(3)4/h7-9,18,20H,5-6,10-11,17H2,1-4H3. The number of aliphatic hydroxyl groups excluding tert-OH is 1. The lowest BCUT2D eigenvalue weighted by Crippen LogP contribution is -2.32. The smallest absolute Gasteiger partial charge is 0.253 e. The van der Waals surface area contributed by atoms with Crippen LogP contribution in [0.1, 0.15) is 37.0 Å². The van der Waals surface area contributed by atoms with Crippen LogP contribution >= 0.6 is 0 Å². The van der Waals surface area contributed by atoms with Crippen LogP contribution in [-0.2, 0) is 0 Å². The van der Waals surface area contributed by atoms with Gasteiger partial charge >= 0.3 is 0 Å². The molecule has 4 N–H and O–H groups in total. The summed E-state index contributed by atoms with van der Waals surface area (Å²) in [4.78, 5) is 13.4. The Kier molecular flexibility index (Phi) is 6.03. The molecular formula is C16H27N3O2. The van der Waals surface area contributed by atoms with E-state index in [2.05, 4.69) is 19.2 Å². The molecule has 5 nitrogen and oxygen atoms in total. The summed E-state index contributed by atoms with van der Waals surface area (Å²) in [6.45, 7) is 4.94. The second kappa shape index (κ2) is 7.31. The Bertz CT molecular complexity index is 474. The second-order valence-electron chi connectivity index (χ2n) is 5.72. The number of amides is 1. The average Bonchev–Trinajstić information content (AvgIpc) is 2.49. The monoisotopic (exact) mass is 293 g/mol. The van der Waals surface area contributed by atoms with Crippen LogP contribution in [0.2, 0.25) is 0 Å². The van der Waals surface area contributed by atoms with Crippen LogP contribution in [0, 0.1) is 5.41 Å². The van der Waals surface area contributed by atoms with Crippen LogP contribution in [0.4, 0.5) is 11.4 Å². The molecular weight excluding hydrogens is 266 g/mol. The van der Waals surface area contributed by atoms with Crippen LogP contribution in [0.25, 0.3) is 0 Å². The summed E-state index contributed by atoms with van der Waals surface area (Å²) < 4.78 is 0. The van der Waals surface area contributed by atoms with Gasteiger partial charge in [0.25, 0.3) is 5.91 Å². The number of hydrogen-bond acceptors (Lipinski definition) is 4. The topological polar surface area (TPSA) is 78.6 Å². The minimum atomic E-state index is -0.134. The number of carbonyl (C=O) groups excluding carboxylic acids is 1. The van der Waals surface area contributed by atoms with Crippen LogP contribution < -0.4 is 11.1 Å². The summed E-state index contributed by atoms with van der Waals surface area (Å²) in [5.41, 5.74) is 7.79. The normalized spacial score (nSPS) is 11.3. The van der Waals surface area contributed by atoms with E-state index in [0.29, 0.717) is 17.8 Å². The highest BCUT2D eigenvalue weighted by molar-refractivity contribution is 5.95. The van der Waals surface area contributed by atoms with Crippen molar-refractivity contribution in [2.45, 2.75) is 26.7 Å². The predicted molar refractivity (Wildman–Crippen MR) is 87.5 cm³/mol. The zero-order valence-corrected chi connectivity index (χ0v) is 13.4. The Labute approximate surface area is 127 Å². The van der Waals surface area contributed by atoms with Gasteiger partial charge in [0, 0.05) is 31.6 Å². The van der Waals surface area contributed by atoms with Crippen molar-refractivity contribution in [1.29, 1.82) is 0 Å². The lowest BCUT2D eigenvalue weighted by molar-refractivity contribution is 0.0827. The molecule has 0 atom stereocenters. The van der Waals surface area contributed by atoms with Crippen molar-refractivity contribution >= 4 is 17.3 Å². The number of nitrogen functional groups attached to an aromatic ring is 1. The molecule has 1 aromatic carbocycles. The Hall–Kier alpha value is -1.75. The van der Waals surface area contributed by atoms with Gasteiger partial charge in [0.1, 0.15) is 0 Å². The number of aliphatic hydroxyl groups is 1. The maximum Gasteiger partial charge on any atom is 0.253 e. The number of anilines is 2. The van der Waals surface area contributed by atoms with Crippen LogP contribution in [-0.4, -0.2) is 43.2 Å².